The van der Waals surface area contributed by atoms with Crippen LogP contribution >= 0.6 is 12.4 Å². The Balaban J connectivity index is 0.00000243. The zero-order valence-corrected chi connectivity index (χ0v) is 16.5. The zero-order valence-electron chi connectivity index (χ0n) is 15.7. The number of rotatable bonds is 7. The van der Waals surface area contributed by atoms with E-state index in [1.54, 1.807) is 0 Å². The van der Waals surface area contributed by atoms with Gasteiger partial charge in [0.2, 0.25) is 0 Å². The van der Waals surface area contributed by atoms with Crippen molar-refractivity contribution in [1.82, 2.24) is 4.90 Å². The molecule has 0 spiro atoms. The average Bonchev–Trinajstić information content (AvgIpc) is 2.66. The maximum atomic E-state index is 10.4. The van der Waals surface area contributed by atoms with E-state index >= 15 is 0 Å². The molecule has 3 rings (SSSR count). The molecule has 1 N–H and O–H groups in total. The summed E-state index contributed by atoms with van der Waals surface area (Å²) < 4.78 is 5.96. The van der Waals surface area contributed by atoms with Crippen molar-refractivity contribution in [2.75, 3.05) is 19.7 Å². The minimum Gasteiger partial charge on any atom is -0.491 e. The zero-order chi connectivity index (χ0) is 17.6. The Morgan fingerprint density at radius 2 is 1.77 bits per heavy atom. The highest BCUT2D eigenvalue weighted by Gasteiger charge is 2.19. The third-order valence-electron chi connectivity index (χ3n) is 5.17. The normalized spacial score (nSPS) is 16.3. The van der Waals surface area contributed by atoms with Crippen molar-refractivity contribution in [1.29, 1.82) is 0 Å². The Hall–Kier alpha value is -1.55. The van der Waals surface area contributed by atoms with Gasteiger partial charge in [-0.25, -0.2) is 0 Å². The van der Waals surface area contributed by atoms with E-state index in [2.05, 4.69) is 55.1 Å². The fourth-order valence-electron chi connectivity index (χ4n) is 3.49. The number of aliphatic hydroxyl groups excluding tert-OH is 1. The van der Waals surface area contributed by atoms with Crippen molar-refractivity contribution in [2.45, 2.75) is 45.3 Å². The largest absolute Gasteiger partial charge is 0.491 e. The summed E-state index contributed by atoms with van der Waals surface area (Å²) in [6.07, 6.45) is 1.66. The topological polar surface area (TPSA) is 32.7 Å². The van der Waals surface area contributed by atoms with Crippen LogP contribution in [0, 0.1) is 0 Å². The van der Waals surface area contributed by atoms with E-state index < -0.39 is 6.10 Å². The van der Waals surface area contributed by atoms with E-state index in [-0.39, 0.29) is 12.4 Å². The number of halogens is 1. The Kier molecular flexibility index (Phi) is 7.95. The van der Waals surface area contributed by atoms with Crippen LogP contribution in [-0.4, -0.2) is 35.8 Å². The molecule has 142 valence electrons. The van der Waals surface area contributed by atoms with Crippen LogP contribution in [0.1, 0.15) is 42.9 Å². The summed E-state index contributed by atoms with van der Waals surface area (Å²) in [5, 5.41) is 10.4. The molecular weight excluding hydrogens is 346 g/mol. The van der Waals surface area contributed by atoms with E-state index in [4.69, 9.17) is 4.74 Å². The average molecular weight is 376 g/mol. The number of nitrogens with zero attached hydrogens (tertiary/aromatic N) is 1. The summed E-state index contributed by atoms with van der Waals surface area (Å²) in [6.45, 7) is 7.30. The summed E-state index contributed by atoms with van der Waals surface area (Å²) in [5.41, 5.74) is 4.04. The molecule has 2 aromatic carbocycles. The van der Waals surface area contributed by atoms with Gasteiger partial charge in [-0.1, -0.05) is 56.3 Å². The molecule has 3 nitrogen and oxygen atoms in total. The smallest absolute Gasteiger partial charge is 0.122 e. The number of benzene rings is 2. The standard InChI is InChI=1S/C22H29NO2.ClH/c1-3-17(2)21-10-6-7-11-22(21)25-16-20(24)15-23-13-12-18-8-4-5-9-19(18)14-23;/h4-11,17,20,24H,3,12-16H2,1-2H3;1H. The van der Waals surface area contributed by atoms with Gasteiger partial charge in [-0.2, -0.15) is 0 Å². The molecule has 2 aromatic rings. The van der Waals surface area contributed by atoms with E-state index in [0.717, 1.165) is 31.7 Å². The fourth-order valence-corrected chi connectivity index (χ4v) is 3.49. The molecule has 1 heterocycles. The van der Waals surface area contributed by atoms with Crippen LogP contribution in [0.3, 0.4) is 0 Å². The van der Waals surface area contributed by atoms with Crippen molar-refractivity contribution < 1.29 is 9.84 Å². The quantitative estimate of drug-likeness (QED) is 0.777. The highest BCUT2D eigenvalue weighted by molar-refractivity contribution is 5.85. The Bertz CT molecular complexity index is 691. The molecule has 26 heavy (non-hydrogen) atoms. The van der Waals surface area contributed by atoms with Crippen LogP contribution in [0.15, 0.2) is 48.5 Å². The van der Waals surface area contributed by atoms with Crippen LogP contribution in [-0.2, 0) is 13.0 Å². The van der Waals surface area contributed by atoms with Gasteiger partial charge in [-0.3, -0.25) is 4.90 Å². The first-order valence-electron chi connectivity index (χ1n) is 9.36. The molecule has 2 atom stereocenters. The van der Waals surface area contributed by atoms with Crippen molar-refractivity contribution >= 4 is 12.4 Å². The number of ether oxygens (including phenoxy) is 1. The van der Waals surface area contributed by atoms with Crippen LogP contribution in [0.5, 0.6) is 5.75 Å². The lowest BCUT2D eigenvalue weighted by Crippen LogP contribution is -2.38. The first kappa shape index (κ1) is 20.8. The van der Waals surface area contributed by atoms with E-state index in [9.17, 15) is 5.11 Å². The predicted octanol–water partition coefficient (Wildman–Crippen LogP) is 4.42. The molecule has 1 aliphatic rings. The monoisotopic (exact) mass is 375 g/mol. The van der Waals surface area contributed by atoms with Gasteiger partial charge in [0.15, 0.2) is 0 Å². The minimum absolute atomic E-state index is 0. The van der Waals surface area contributed by atoms with Crippen molar-refractivity contribution in [3.05, 3.63) is 65.2 Å². The van der Waals surface area contributed by atoms with E-state index in [0.29, 0.717) is 19.1 Å². The molecule has 4 heteroatoms. The molecule has 0 aliphatic carbocycles. The molecule has 0 saturated carbocycles. The third kappa shape index (κ3) is 5.23. The number of para-hydroxylation sites is 1. The first-order chi connectivity index (χ1) is 12.2. The maximum Gasteiger partial charge on any atom is 0.122 e. The Morgan fingerprint density at radius 3 is 2.54 bits per heavy atom. The molecular formula is C22H30ClNO2. The number of hydrogen-bond donors (Lipinski definition) is 1. The van der Waals surface area contributed by atoms with Gasteiger partial charge >= 0.3 is 0 Å². The molecule has 0 saturated heterocycles. The number of fused-ring (bicyclic) bond motifs is 1. The van der Waals surface area contributed by atoms with E-state index in [1.165, 1.54) is 16.7 Å². The predicted molar refractivity (Wildman–Crippen MR) is 109 cm³/mol. The van der Waals surface area contributed by atoms with Crippen molar-refractivity contribution in [2.24, 2.45) is 0 Å². The molecule has 0 fully saturated rings. The van der Waals surface area contributed by atoms with Crippen LogP contribution in [0.2, 0.25) is 0 Å². The second kappa shape index (κ2) is 9.96. The molecule has 0 amide bonds. The van der Waals surface area contributed by atoms with Crippen molar-refractivity contribution in [3.8, 4) is 5.75 Å². The molecule has 1 aliphatic heterocycles. The number of hydrogen-bond acceptors (Lipinski definition) is 3. The molecule has 0 bridgehead atoms. The SMILES string of the molecule is CCC(C)c1ccccc1OCC(O)CN1CCc2ccccc2C1.Cl. The van der Waals surface area contributed by atoms with Crippen molar-refractivity contribution in [3.63, 3.8) is 0 Å². The lowest BCUT2D eigenvalue weighted by Gasteiger charge is -2.30. The first-order valence-corrected chi connectivity index (χ1v) is 9.36. The van der Waals surface area contributed by atoms with Gasteiger partial charge in [0.1, 0.15) is 18.5 Å². The summed E-state index contributed by atoms with van der Waals surface area (Å²) in [7, 11) is 0. The second-order valence-corrected chi connectivity index (χ2v) is 7.07. The lowest BCUT2D eigenvalue weighted by molar-refractivity contribution is 0.0633. The molecule has 2 unspecified atom stereocenters. The van der Waals surface area contributed by atoms with Gasteiger partial charge in [-0.15, -0.1) is 12.4 Å². The number of aliphatic hydroxyl groups is 1. The Morgan fingerprint density at radius 1 is 1.08 bits per heavy atom. The van der Waals surface area contributed by atoms with Gasteiger partial charge in [0.05, 0.1) is 0 Å². The van der Waals surface area contributed by atoms with Crippen LogP contribution in [0.25, 0.3) is 0 Å². The number of β-amino-alcohol motifs (C(OH)–C–C–N with tert-alkyl or cyclic N) is 1. The van der Waals surface area contributed by atoms with Gasteiger partial charge < -0.3 is 9.84 Å². The highest BCUT2D eigenvalue weighted by Crippen LogP contribution is 2.28. The van der Waals surface area contributed by atoms with Gasteiger partial charge in [-0.05, 0) is 41.5 Å². The molecule has 0 aromatic heterocycles. The fraction of sp³-hybridized carbons (Fsp3) is 0.455. The minimum atomic E-state index is -0.477. The second-order valence-electron chi connectivity index (χ2n) is 7.07. The van der Waals surface area contributed by atoms with Gasteiger partial charge in [0.25, 0.3) is 0 Å². The molecule has 0 radical (unpaired) electrons. The summed E-state index contributed by atoms with van der Waals surface area (Å²) in [5.74, 6) is 1.37. The maximum absolute atomic E-state index is 10.4. The lowest BCUT2D eigenvalue weighted by atomic mass is 9.98. The highest BCUT2D eigenvalue weighted by atomic mass is 35.5. The summed E-state index contributed by atoms with van der Waals surface area (Å²) in [4.78, 5) is 2.32. The van der Waals surface area contributed by atoms with Crippen LogP contribution in [0.4, 0.5) is 0 Å². The summed E-state index contributed by atoms with van der Waals surface area (Å²) >= 11 is 0. The Labute approximate surface area is 163 Å². The summed E-state index contributed by atoms with van der Waals surface area (Å²) in [6, 6.07) is 16.8. The third-order valence-corrected chi connectivity index (χ3v) is 5.17. The van der Waals surface area contributed by atoms with E-state index in [1.807, 2.05) is 12.1 Å². The van der Waals surface area contributed by atoms with Crippen LogP contribution < -0.4 is 4.74 Å². The van der Waals surface area contributed by atoms with Gasteiger partial charge in [0, 0.05) is 19.6 Å².